The smallest absolute Gasteiger partial charge is 0.185 e. The molecule has 0 bridgehead atoms. The molecule has 1 N–H and O–H groups in total. The fourth-order valence-corrected chi connectivity index (χ4v) is 0.873. The standard InChI is InChI=1S/C10H10O2/c1-2-3-10(12)8-4-6-9(11)7-5-8/h2-7,11H,1H3/b3-2+. The zero-order chi connectivity index (χ0) is 8.97. The first-order valence-corrected chi connectivity index (χ1v) is 3.70. The van der Waals surface area contributed by atoms with Crippen LogP contribution in [0, 0.1) is 0 Å². The number of carbonyl (C=O) groups is 1. The third-order valence-electron chi connectivity index (χ3n) is 1.47. The lowest BCUT2D eigenvalue weighted by atomic mass is 10.1. The minimum absolute atomic E-state index is 0.0440. The third-order valence-corrected chi connectivity index (χ3v) is 1.47. The van der Waals surface area contributed by atoms with Crippen LogP contribution in [-0.4, -0.2) is 10.9 Å². The second kappa shape index (κ2) is 3.72. The Morgan fingerprint density at radius 1 is 1.33 bits per heavy atom. The van der Waals surface area contributed by atoms with E-state index in [-0.39, 0.29) is 11.5 Å². The van der Waals surface area contributed by atoms with Gasteiger partial charge in [0, 0.05) is 5.56 Å². The molecular formula is C10H10O2. The van der Waals surface area contributed by atoms with E-state index in [9.17, 15) is 4.79 Å². The molecular weight excluding hydrogens is 152 g/mol. The quantitative estimate of drug-likeness (QED) is 0.534. The molecule has 0 aliphatic rings. The summed E-state index contributed by atoms with van der Waals surface area (Å²) in [5, 5.41) is 8.94. The van der Waals surface area contributed by atoms with E-state index in [1.165, 1.54) is 18.2 Å². The number of hydrogen-bond acceptors (Lipinski definition) is 2. The van der Waals surface area contributed by atoms with Gasteiger partial charge in [-0.25, -0.2) is 0 Å². The molecule has 0 atom stereocenters. The zero-order valence-electron chi connectivity index (χ0n) is 6.82. The minimum Gasteiger partial charge on any atom is -0.508 e. The van der Waals surface area contributed by atoms with E-state index in [0.29, 0.717) is 5.56 Å². The average Bonchev–Trinajstić information content (AvgIpc) is 2.06. The summed E-state index contributed by atoms with van der Waals surface area (Å²) < 4.78 is 0. The van der Waals surface area contributed by atoms with Crippen molar-refractivity contribution in [3.05, 3.63) is 42.0 Å². The van der Waals surface area contributed by atoms with Gasteiger partial charge < -0.3 is 5.11 Å². The van der Waals surface area contributed by atoms with Crippen molar-refractivity contribution in [3.8, 4) is 5.75 Å². The molecule has 0 fully saturated rings. The van der Waals surface area contributed by atoms with Crippen molar-refractivity contribution in [1.29, 1.82) is 0 Å². The SMILES string of the molecule is C/C=C/C(=O)c1ccc(O)cc1. The normalized spacial score (nSPS) is 10.4. The van der Waals surface area contributed by atoms with Crippen LogP contribution in [0.3, 0.4) is 0 Å². The molecule has 0 aromatic heterocycles. The van der Waals surface area contributed by atoms with E-state index < -0.39 is 0 Å². The van der Waals surface area contributed by atoms with Gasteiger partial charge in [-0.2, -0.15) is 0 Å². The summed E-state index contributed by atoms with van der Waals surface area (Å²) in [5.41, 5.74) is 0.589. The van der Waals surface area contributed by atoms with Gasteiger partial charge >= 0.3 is 0 Å². The summed E-state index contributed by atoms with van der Waals surface area (Å²) in [5.74, 6) is 0.129. The zero-order valence-corrected chi connectivity index (χ0v) is 6.82. The van der Waals surface area contributed by atoms with Crippen LogP contribution < -0.4 is 0 Å². The van der Waals surface area contributed by atoms with Crippen molar-refractivity contribution in [3.63, 3.8) is 0 Å². The summed E-state index contributed by atoms with van der Waals surface area (Å²) in [6.07, 6.45) is 3.18. The lowest BCUT2D eigenvalue weighted by Crippen LogP contribution is -1.92. The highest BCUT2D eigenvalue weighted by atomic mass is 16.3. The van der Waals surface area contributed by atoms with Gasteiger partial charge in [-0.05, 0) is 37.3 Å². The Labute approximate surface area is 71.2 Å². The van der Waals surface area contributed by atoms with Crippen LogP contribution in [0.5, 0.6) is 5.75 Å². The molecule has 1 aromatic rings. The van der Waals surface area contributed by atoms with Gasteiger partial charge in [-0.15, -0.1) is 0 Å². The Morgan fingerprint density at radius 2 is 1.92 bits per heavy atom. The summed E-state index contributed by atoms with van der Waals surface area (Å²) in [4.78, 5) is 11.2. The molecule has 0 amide bonds. The first-order chi connectivity index (χ1) is 5.74. The van der Waals surface area contributed by atoms with Gasteiger partial charge in [0.05, 0.1) is 0 Å². The number of phenolic OH excluding ortho intramolecular Hbond substituents is 1. The molecule has 62 valence electrons. The molecule has 1 aromatic carbocycles. The number of benzene rings is 1. The molecule has 2 heteroatoms. The topological polar surface area (TPSA) is 37.3 Å². The molecule has 0 saturated carbocycles. The lowest BCUT2D eigenvalue weighted by Gasteiger charge is -1.94. The maximum atomic E-state index is 11.2. The molecule has 0 aliphatic carbocycles. The lowest BCUT2D eigenvalue weighted by molar-refractivity contribution is 0.104. The van der Waals surface area contributed by atoms with Crippen molar-refractivity contribution in [1.82, 2.24) is 0 Å². The Balaban J connectivity index is 2.90. The summed E-state index contributed by atoms with van der Waals surface area (Å²) >= 11 is 0. The first kappa shape index (κ1) is 8.53. The van der Waals surface area contributed by atoms with Crippen LogP contribution in [0.1, 0.15) is 17.3 Å². The van der Waals surface area contributed by atoms with Gasteiger partial charge in [0.25, 0.3) is 0 Å². The highest BCUT2D eigenvalue weighted by Crippen LogP contribution is 2.10. The van der Waals surface area contributed by atoms with Crippen LogP contribution in [0.2, 0.25) is 0 Å². The Kier molecular flexibility index (Phi) is 2.64. The highest BCUT2D eigenvalue weighted by Gasteiger charge is 1.99. The fourth-order valence-electron chi connectivity index (χ4n) is 0.873. The van der Waals surface area contributed by atoms with Gasteiger partial charge in [0.15, 0.2) is 5.78 Å². The van der Waals surface area contributed by atoms with Crippen molar-refractivity contribution in [2.24, 2.45) is 0 Å². The molecule has 2 nitrogen and oxygen atoms in total. The van der Waals surface area contributed by atoms with Crippen LogP contribution in [0.4, 0.5) is 0 Å². The number of ketones is 1. The molecule has 0 saturated heterocycles. The summed E-state index contributed by atoms with van der Waals surface area (Å²) in [6, 6.07) is 6.18. The maximum absolute atomic E-state index is 11.2. The molecule has 12 heavy (non-hydrogen) atoms. The van der Waals surface area contributed by atoms with Crippen molar-refractivity contribution >= 4 is 5.78 Å². The summed E-state index contributed by atoms with van der Waals surface area (Å²) in [7, 11) is 0. The number of hydrogen-bond donors (Lipinski definition) is 1. The van der Waals surface area contributed by atoms with Crippen molar-refractivity contribution in [2.75, 3.05) is 0 Å². The second-order valence-electron chi connectivity index (χ2n) is 2.41. The monoisotopic (exact) mass is 162 g/mol. The predicted molar refractivity (Wildman–Crippen MR) is 47.3 cm³/mol. The molecule has 0 spiro atoms. The van der Waals surface area contributed by atoms with Crippen molar-refractivity contribution in [2.45, 2.75) is 6.92 Å². The molecule has 1 rings (SSSR count). The van der Waals surface area contributed by atoms with E-state index in [4.69, 9.17) is 5.11 Å². The number of allylic oxidation sites excluding steroid dienone is 2. The minimum atomic E-state index is -0.0440. The van der Waals surface area contributed by atoms with E-state index in [0.717, 1.165) is 0 Å². The van der Waals surface area contributed by atoms with Crippen LogP contribution in [0.25, 0.3) is 0 Å². The molecule has 0 unspecified atom stereocenters. The van der Waals surface area contributed by atoms with E-state index in [1.807, 2.05) is 0 Å². The van der Waals surface area contributed by atoms with Gasteiger partial charge in [0.1, 0.15) is 5.75 Å². The molecule has 0 radical (unpaired) electrons. The fraction of sp³-hybridized carbons (Fsp3) is 0.100. The number of rotatable bonds is 2. The van der Waals surface area contributed by atoms with Gasteiger partial charge in [-0.1, -0.05) is 6.08 Å². The average molecular weight is 162 g/mol. The predicted octanol–water partition coefficient (Wildman–Crippen LogP) is 2.15. The Bertz CT molecular complexity index is 296. The molecule has 0 heterocycles. The van der Waals surface area contributed by atoms with Crippen LogP contribution >= 0.6 is 0 Å². The van der Waals surface area contributed by atoms with Crippen LogP contribution in [-0.2, 0) is 0 Å². The van der Waals surface area contributed by atoms with E-state index >= 15 is 0 Å². The first-order valence-electron chi connectivity index (χ1n) is 3.70. The van der Waals surface area contributed by atoms with Crippen LogP contribution in [0.15, 0.2) is 36.4 Å². The summed E-state index contributed by atoms with van der Waals surface area (Å²) in [6.45, 7) is 1.79. The Hall–Kier alpha value is -1.57. The number of carbonyl (C=O) groups excluding carboxylic acids is 1. The van der Waals surface area contributed by atoms with Gasteiger partial charge in [0.2, 0.25) is 0 Å². The van der Waals surface area contributed by atoms with E-state index in [1.54, 1.807) is 25.1 Å². The number of aromatic hydroxyl groups is 1. The second-order valence-corrected chi connectivity index (χ2v) is 2.41. The molecule has 0 aliphatic heterocycles. The maximum Gasteiger partial charge on any atom is 0.185 e. The third kappa shape index (κ3) is 1.95. The highest BCUT2D eigenvalue weighted by molar-refractivity contribution is 6.04. The van der Waals surface area contributed by atoms with E-state index in [2.05, 4.69) is 0 Å². The number of phenols is 1. The van der Waals surface area contributed by atoms with Gasteiger partial charge in [-0.3, -0.25) is 4.79 Å². The van der Waals surface area contributed by atoms with Crippen molar-refractivity contribution < 1.29 is 9.90 Å². The largest absolute Gasteiger partial charge is 0.508 e. The Morgan fingerprint density at radius 3 is 2.42 bits per heavy atom.